The first kappa shape index (κ1) is 22.7. The second-order valence-electron chi connectivity index (χ2n) is 6.63. The summed E-state index contributed by atoms with van der Waals surface area (Å²) in [5.41, 5.74) is 1.35. The van der Waals surface area contributed by atoms with Crippen LogP contribution in [-0.4, -0.2) is 60.9 Å². The molecule has 0 bridgehead atoms. The quantitative estimate of drug-likeness (QED) is 0.273. The number of esters is 1. The summed E-state index contributed by atoms with van der Waals surface area (Å²) in [4.78, 5) is 15.2. The molecule has 1 N–H and O–H groups in total. The first-order chi connectivity index (χ1) is 13.7. The molecule has 1 saturated heterocycles. The standard InChI is InChI=1S/C16H22BCl2N2O7P/c1-9(22)25-8-27-29(17,24-2)26-6-10-3-15(23)16(28-10)21-7-20-13-4-11(18)12(19)5-14(13)21/h4-5,7,10,15-16,23,29H,3,6,8,17H2,1-2H3/t10-,15-,16+/m0/s1. The van der Waals surface area contributed by atoms with Crippen molar-refractivity contribution in [2.75, 3.05) is 20.5 Å². The van der Waals surface area contributed by atoms with Gasteiger partial charge < -0.3 is 0 Å². The summed E-state index contributed by atoms with van der Waals surface area (Å²) in [7, 11) is 0.117. The van der Waals surface area contributed by atoms with Crippen LogP contribution in [0.1, 0.15) is 19.6 Å². The number of hydrogen-bond donors (Lipinski definition) is 1. The summed E-state index contributed by atoms with van der Waals surface area (Å²) < 4.78 is 29.0. The average molecular weight is 467 g/mol. The van der Waals surface area contributed by atoms with Crippen LogP contribution < -0.4 is 0 Å². The Morgan fingerprint density at radius 1 is 1.41 bits per heavy atom. The number of imidazole rings is 1. The SMILES string of the molecule is B[PH](OC)(OCOC(C)=O)OC[C@@H]1C[C@H](O)[C@H](n2cnc3cc(Cl)c(Cl)cc32)O1. The molecule has 1 aliphatic heterocycles. The topological polar surface area (TPSA) is 101 Å². The molecule has 0 aliphatic carbocycles. The van der Waals surface area contributed by atoms with Gasteiger partial charge in [0.25, 0.3) is 0 Å². The number of fused-ring (bicyclic) bond motifs is 1. The molecule has 1 fully saturated rings. The van der Waals surface area contributed by atoms with E-state index < -0.39 is 32.2 Å². The third kappa shape index (κ3) is 5.40. The van der Waals surface area contributed by atoms with Crippen LogP contribution in [0.25, 0.3) is 11.0 Å². The van der Waals surface area contributed by atoms with E-state index in [1.807, 2.05) is 0 Å². The molecule has 0 amide bonds. The molecule has 9 nitrogen and oxygen atoms in total. The predicted octanol–water partition coefficient (Wildman–Crippen LogP) is 2.23. The maximum absolute atomic E-state index is 10.9. The van der Waals surface area contributed by atoms with E-state index in [1.165, 1.54) is 14.0 Å². The summed E-state index contributed by atoms with van der Waals surface area (Å²) in [6.45, 7) is 1.17. The fourth-order valence-corrected chi connectivity index (χ4v) is 4.33. The Balaban J connectivity index is 1.64. The van der Waals surface area contributed by atoms with Gasteiger partial charge in [0, 0.05) is 0 Å². The number of rotatable bonds is 8. The number of aliphatic hydroxyl groups is 1. The fourth-order valence-electron chi connectivity index (χ4n) is 2.94. The second-order valence-corrected chi connectivity index (χ2v) is 10.2. The molecule has 1 aromatic carbocycles. The molecule has 3 rings (SSSR count). The van der Waals surface area contributed by atoms with E-state index in [0.717, 1.165) is 0 Å². The van der Waals surface area contributed by atoms with Crippen LogP contribution in [0.2, 0.25) is 10.0 Å². The first-order valence-corrected chi connectivity index (χ1v) is 11.8. The predicted molar refractivity (Wildman–Crippen MR) is 112 cm³/mol. The Morgan fingerprint density at radius 3 is 2.83 bits per heavy atom. The molecule has 29 heavy (non-hydrogen) atoms. The molecule has 0 unspecified atom stereocenters. The number of aromatic nitrogens is 2. The molecule has 0 radical (unpaired) electrons. The third-order valence-electron chi connectivity index (χ3n) is 4.54. The number of nitrogens with zero attached hydrogens (tertiary/aromatic N) is 2. The van der Waals surface area contributed by atoms with Gasteiger partial charge in [0.1, 0.15) is 0 Å². The van der Waals surface area contributed by atoms with Crippen LogP contribution >= 0.6 is 31.0 Å². The molecular formula is C16H22BCl2N2O7P. The van der Waals surface area contributed by atoms with Gasteiger partial charge in [-0.2, -0.15) is 0 Å². The van der Waals surface area contributed by atoms with Crippen molar-refractivity contribution >= 4 is 55.6 Å². The van der Waals surface area contributed by atoms with Gasteiger partial charge >= 0.3 is 179 Å². The van der Waals surface area contributed by atoms with Gasteiger partial charge in [0.05, 0.1) is 0 Å². The average Bonchev–Trinajstić information content (AvgIpc) is 3.23. The van der Waals surface area contributed by atoms with E-state index in [2.05, 4.69) is 4.98 Å². The van der Waals surface area contributed by atoms with Crippen molar-refractivity contribution in [3.05, 3.63) is 28.5 Å². The second kappa shape index (κ2) is 9.45. The molecule has 1 aromatic heterocycles. The molecule has 0 spiro atoms. The number of aliphatic hydroxyl groups excluding tert-OH is 1. The molecule has 0 saturated carbocycles. The molecule has 2 heterocycles. The van der Waals surface area contributed by atoms with E-state index in [-0.39, 0.29) is 13.4 Å². The number of carbonyl (C=O) groups excluding carboxylic acids is 1. The van der Waals surface area contributed by atoms with Gasteiger partial charge in [-0.1, -0.05) is 0 Å². The van der Waals surface area contributed by atoms with Gasteiger partial charge in [0.2, 0.25) is 0 Å². The van der Waals surface area contributed by atoms with Crippen molar-refractivity contribution < 1.29 is 32.9 Å². The van der Waals surface area contributed by atoms with Gasteiger partial charge in [-0.3, -0.25) is 0 Å². The van der Waals surface area contributed by atoms with E-state index >= 15 is 0 Å². The van der Waals surface area contributed by atoms with Crippen LogP contribution in [0.4, 0.5) is 0 Å². The third-order valence-corrected chi connectivity index (χ3v) is 7.34. The van der Waals surface area contributed by atoms with Crippen LogP contribution in [-0.2, 0) is 27.8 Å². The first-order valence-electron chi connectivity index (χ1n) is 8.84. The van der Waals surface area contributed by atoms with Gasteiger partial charge in [-0.25, -0.2) is 0 Å². The number of hydrogen-bond acceptors (Lipinski definition) is 8. The number of ether oxygens (including phenoxy) is 2. The van der Waals surface area contributed by atoms with E-state index in [0.29, 0.717) is 27.5 Å². The summed E-state index contributed by atoms with van der Waals surface area (Å²) in [6.07, 6.45) is 0.111. The molecule has 3 atom stereocenters. The normalized spacial score (nSPS) is 22.9. The molecular weight excluding hydrogens is 445 g/mol. The van der Waals surface area contributed by atoms with Crippen molar-refractivity contribution in [2.24, 2.45) is 0 Å². The Morgan fingerprint density at radius 2 is 2.14 bits per heavy atom. The zero-order valence-electron chi connectivity index (χ0n) is 16.1. The summed E-state index contributed by atoms with van der Waals surface area (Å²) in [5, 5.41) is 11.3. The van der Waals surface area contributed by atoms with Crippen molar-refractivity contribution in [2.45, 2.75) is 31.8 Å². The molecule has 2 aromatic rings. The molecule has 160 valence electrons. The van der Waals surface area contributed by atoms with Crippen molar-refractivity contribution in [1.29, 1.82) is 0 Å². The summed E-state index contributed by atoms with van der Waals surface area (Å²) in [6, 6.07) is 3.34. The van der Waals surface area contributed by atoms with Crippen LogP contribution in [0.5, 0.6) is 0 Å². The summed E-state index contributed by atoms with van der Waals surface area (Å²) >= 11 is 12.1. The zero-order chi connectivity index (χ0) is 21.2. The monoisotopic (exact) mass is 466 g/mol. The van der Waals surface area contributed by atoms with Crippen LogP contribution in [0.15, 0.2) is 18.5 Å². The zero-order valence-corrected chi connectivity index (χ0v) is 18.6. The number of benzene rings is 1. The molecule has 1 aliphatic rings. The van der Waals surface area contributed by atoms with Crippen LogP contribution in [0, 0.1) is 0 Å². The number of halogens is 2. The van der Waals surface area contributed by atoms with Crippen LogP contribution in [0.3, 0.4) is 0 Å². The summed E-state index contributed by atoms with van der Waals surface area (Å²) in [5.74, 6) is -0.462. The molecule has 13 heteroatoms. The Kier molecular flexibility index (Phi) is 7.40. The van der Waals surface area contributed by atoms with Crippen molar-refractivity contribution in [1.82, 2.24) is 9.55 Å². The minimum atomic E-state index is -3.02. The van der Waals surface area contributed by atoms with Crippen molar-refractivity contribution in [3.63, 3.8) is 0 Å². The fraction of sp³-hybridized carbons (Fsp3) is 0.500. The van der Waals surface area contributed by atoms with Crippen molar-refractivity contribution in [3.8, 4) is 0 Å². The van der Waals surface area contributed by atoms with Gasteiger partial charge in [0.15, 0.2) is 0 Å². The van der Waals surface area contributed by atoms with E-state index in [1.54, 1.807) is 30.6 Å². The Labute approximate surface area is 179 Å². The Hall–Kier alpha value is -0.965. The number of carbonyl (C=O) groups is 1. The maximum atomic E-state index is 10.9. The van der Waals surface area contributed by atoms with E-state index in [4.69, 9.17) is 46.2 Å². The Bertz CT molecular complexity index is 888. The van der Waals surface area contributed by atoms with Gasteiger partial charge in [-0.15, -0.1) is 0 Å². The minimum absolute atomic E-state index is 0.142. The van der Waals surface area contributed by atoms with E-state index in [9.17, 15) is 9.90 Å². The van der Waals surface area contributed by atoms with Gasteiger partial charge in [-0.05, 0) is 0 Å².